The standard InChI is InChI=1S/C16H27N3/c1-13-6-4-7-15(14(13)2)16(12-17)19-9-5-8-18(3)10-11-19/h4,6-7,16H,5,8-12,17H2,1-3H3. The minimum absolute atomic E-state index is 0.367. The van der Waals surface area contributed by atoms with Gasteiger partial charge in [-0.05, 0) is 50.6 Å². The van der Waals surface area contributed by atoms with E-state index in [-0.39, 0.29) is 0 Å². The maximum atomic E-state index is 6.08. The predicted octanol–water partition coefficient (Wildman–Crippen LogP) is 1.94. The van der Waals surface area contributed by atoms with Crippen molar-refractivity contribution < 1.29 is 0 Å². The third-order valence-corrected chi connectivity index (χ3v) is 4.42. The van der Waals surface area contributed by atoms with Crippen molar-refractivity contribution in [3.8, 4) is 0 Å². The zero-order chi connectivity index (χ0) is 13.8. The number of aryl methyl sites for hydroxylation is 1. The second kappa shape index (κ2) is 6.51. The molecule has 1 aliphatic rings. The molecule has 1 aromatic rings. The molecule has 1 aliphatic heterocycles. The van der Waals surface area contributed by atoms with Crippen molar-refractivity contribution >= 4 is 0 Å². The molecule has 1 aromatic carbocycles. The monoisotopic (exact) mass is 261 g/mol. The maximum absolute atomic E-state index is 6.08. The Hall–Kier alpha value is -0.900. The van der Waals surface area contributed by atoms with Crippen molar-refractivity contribution in [1.29, 1.82) is 0 Å². The highest BCUT2D eigenvalue weighted by atomic mass is 15.2. The zero-order valence-corrected chi connectivity index (χ0v) is 12.5. The molecule has 2 rings (SSSR count). The van der Waals surface area contributed by atoms with Crippen LogP contribution in [0, 0.1) is 13.8 Å². The molecule has 0 bridgehead atoms. The summed E-state index contributed by atoms with van der Waals surface area (Å²) in [6, 6.07) is 6.95. The van der Waals surface area contributed by atoms with Crippen LogP contribution in [-0.2, 0) is 0 Å². The Balaban J connectivity index is 2.21. The lowest BCUT2D eigenvalue weighted by Gasteiger charge is -2.31. The Labute approximate surface area is 117 Å². The molecule has 1 unspecified atom stereocenters. The van der Waals surface area contributed by atoms with Crippen molar-refractivity contribution in [1.82, 2.24) is 9.80 Å². The van der Waals surface area contributed by atoms with Crippen LogP contribution in [0.2, 0.25) is 0 Å². The van der Waals surface area contributed by atoms with Gasteiger partial charge in [-0.15, -0.1) is 0 Å². The Bertz CT molecular complexity index is 416. The minimum atomic E-state index is 0.367. The largest absolute Gasteiger partial charge is 0.329 e. The smallest absolute Gasteiger partial charge is 0.0473 e. The second-order valence-electron chi connectivity index (χ2n) is 5.73. The van der Waals surface area contributed by atoms with Gasteiger partial charge in [0.05, 0.1) is 0 Å². The summed E-state index contributed by atoms with van der Waals surface area (Å²) < 4.78 is 0. The highest BCUT2D eigenvalue weighted by Crippen LogP contribution is 2.25. The van der Waals surface area contributed by atoms with Crippen molar-refractivity contribution in [3.63, 3.8) is 0 Å². The Kier molecular flexibility index (Phi) is 4.97. The molecule has 0 amide bonds. The summed E-state index contributed by atoms with van der Waals surface area (Å²) in [4.78, 5) is 4.97. The first-order valence-corrected chi connectivity index (χ1v) is 7.32. The molecule has 0 aliphatic carbocycles. The van der Waals surface area contributed by atoms with Gasteiger partial charge in [0.1, 0.15) is 0 Å². The number of hydrogen-bond acceptors (Lipinski definition) is 3. The fourth-order valence-electron chi connectivity index (χ4n) is 2.99. The summed E-state index contributed by atoms with van der Waals surface area (Å²) in [5.74, 6) is 0. The van der Waals surface area contributed by atoms with Crippen molar-refractivity contribution in [3.05, 3.63) is 34.9 Å². The molecule has 0 aromatic heterocycles. The van der Waals surface area contributed by atoms with Gasteiger partial charge in [0, 0.05) is 32.2 Å². The summed E-state index contributed by atoms with van der Waals surface area (Å²) in [5.41, 5.74) is 10.3. The van der Waals surface area contributed by atoms with Crippen molar-refractivity contribution in [2.24, 2.45) is 5.73 Å². The molecule has 0 radical (unpaired) electrons. The predicted molar refractivity (Wildman–Crippen MR) is 81.4 cm³/mol. The zero-order valence-electron chi connectivity index (χ0n) is 12.5. The average Bonchev–Trinajstić information content (AvgIpc) is 2.61. The lowest BCUT2D eigenvalue weighted by Crippen LogP contribution is -2.37. The molecule has 1 heterocycles. The fraction of sp³-hybridized carbons (Fsp3) is 0.625. The molecule has 0 spiro atoms. The van der Waals surface area contributed by atoms with Crippen molar-refractivity contribution in [2.75, 3.05) is 39.8 Å². The molecule has 3 nitrogen and oxygen atoms in total. The Morgan fingerprint density at radius 3 is 2.68 bits per heavy atom. The third-order valence-electron chi connectivity index (χ3n) is 4.42. The third kappa shape index (κ3) is 3.35. The van der Waals surface area contributed by atoms with E-state index < -0.39 is 0 Å². The van der Waals surface area contributed by atoms with Crippen molar-refractivity contribution in [2.45, 2.75) is 26.3 Å². The average molecular weight is 261 g/mol. The van der Waals surface area contributed by atoms with E-state index in [1.807, 2.05) is 0 Å². The number of hydrogen-bond donors (Lipinski definition) is 1. The van der Waals surface area contributed by atoms with Crippen LogP contribution in [0.3, 0.4) is 0 Å². The van der Waals surface area contributed by atoms with E-state index in [9.17, 15) is 0 Å². The van der Waals surface area contributed by atoms with Gasteiger partial charge in [0.25, 0.3) is 0 Å². The number of nitrogens with two attached hydrogens (primary N) is 1. The first-order valence-electron chi connectivity index (χ1n) is 7.32. The first-order chi connectivity index (χ1) is 9.13. The number of rotatable bonds is 3. The van der Waals surface area contributed by atoms with Crippen LogP contribution in [0.1, 0.15) is 29.2 Å². The Morgan fingerprint density at radius 2 is 1.95 bits per heavy atom. The van der Waals surface area contributed by atoms with Gasteiger partial charge in [-0.1, -0.05) is 18.2 Å². The minimum Gasteiger partial charge on any atom is -0.329 e. The molecule has 1 fully saturated rings. The van der Waals surface area contributed by atoms with Gasteiger partial charge in [-0.25, -0.2) is 0 Å². The summed E-state index contributed by atoms with van der Waals surface area (Å²) >= 11 is 0. The van der Waals surface area contributed by atoms with Crippen LogP contribution < -0.4 is 5.73 Å². The second-order valence-corrected chi connectivity index (χ2v) is 5.73. The number of nitrogens with zero attached hydrogens (tertiary/aromatic N) is 2. The highest BCUT2D eigenvalue weighted by Gasteiger charge is 2.22. The van der Waals surface area contributed by atoms with E-state index in [2.05, 4.69) is 48.9 Å². The topological polar surface area (TPSA) is 32.5 Å². The molecular weight excluding hydrogens is 234 g/mol. The molecule has 2 N–H and O–H groups in total. The summed E-state index contributed by atoms with van der Waals surface area (Å²) in [6.07, 6.45) is 1.23. The van der Waals surface area contributed by atoms with E-state index in [1.54, 1.807) is 0 Å². The highest BCUT2D eigenvalue weighted by molar-refractivity contribution is 5.35. The van der Waals surface area contributed by atoms with Gasteiger partial charge < -0.3 is 10.6 Å². The van der Waals surface area contributed by atoms with Gasteiger partial charge in [0.15, 0.2) is 0 Å². The van der Waals surface area contributed by atoms with E-state index in [1.165, 1.54) is 29.7 Å². The van der Waals surface area contributed by atoms with Gasteiger partial charge in [-0.3, -0.25) is 4.90 Å². The molecule has 106 valence electrons. The SMILES string of the molecule is Cc1cccc(C(CN)N2CCCN(C)CC2)c1C. The fourth-order valence-corrected chi connectivity index (χ4v) is 2.99. The van der Waals surface area contributed by atoms with Crippen LogP contribution in [0.25, 0.3) is 0 Å². The van der Waals surface area contributed by atoms with Crippen LogP contribution >= 0.6 is 0 Å². The first kappa shape index (κ1) is 14.5. The normalized spacial score (nSPS) is 20.2. The summed E-state index contributed by atoms with van der Waals surface area (Å²) in [6.45, 7) is 9.71. The summed E-state index contributed by atoms with van der Waals surface area (Å²) in [5, 5.41) is 0. The molecule has 19 heavy (non-hydrogen) atoms. The van der Waals surface area contributed by atoms with Crippen LogP contribution in [0.5, 0.6) is 0 Å². The lowest BCUT2D eigenvalue weighted by atomic mass is 9.96. The maximum Gasteiger partial charge on any atom is 0.0473 e. The molecular formula is C16H27N3. The number of benzene rings is 1. The van der Waals surface area contributed by atoms with Gasteiger partial charge in [-0.2, -0.15) is 0 Å². The Morgan fingerprint density at radius 1 is 1.16 bits per heavy atom. The number of likely N-dealkylation sites (N-methyl/N-ethyl adjacent to an activating group) is 1. The van der Waals surface area contributed by atoms with Crippen LogP contribution in [-0.4, -0.2) is 49.6 Å². The molecule has 3 heteroatoms. The van der Waals surface area contributed by atoms with E-state index >= 15 is 0 Å². The van der Waals surface area contributed by atoms with Crippen LogP contribution in [0.15, 0.2) is 18.2 Å². The molecule has 1 saturated heterocycles. The van der Waals surface area contributed by atoms with E-state index in [0.717, 1.165) is 19.6 Å². The molecule has 0 saturated carbocycles. The molecule has 1 atom stereocenters. The quantitative estimate of drug-likeness (QED) is 0.902. The van der Waals surface area contributed by atoms with E-state index in [4.69, 9.17) is 5.73 Å². The summed E-state index contributed by atoms with van der Waals surface area (Å²) in [7, 11) is 2.21. The van der Waals surface area contributed by atoms with Gasteiger partial charge in [0.2, 0.25) is 0 Å². The van der Waals surface area contributed by atoms with Gasteiger partial charge >= 0.3 is 0 Å². The van der Waals surface area contributed by atoms with E-state index in [0.29, 0.717) is 12.6 Å². The lowest BCUT2D eigenvalue weighted by molar-refractivity contribution is 0.207. The van der Waals surface area contributed by atoms with Crippen LogP contribution in [0.4, 0.5) is 0 Å².